The molecule has 1 saturated heterocycles. The number of fused-ring (bicyclic) bond motifs is 1. The molecule has 1 N–H and O–H groups in total. The molecule has 0 radical (unpaired) electrons. The van der Waals surface area contributed by atoms with Crippen molar-refractivity contribution in [3.05, 3.63) is 66.1 Å². The largest absolute Gasteiger partial charge is 0.497 e. The number of hydrogen-bond donors (Lipinski definition) is 1. The summed E-state index contributed by atoms with van der Waals surface area (Å²) in [7, 11) is 3.65. The number of H-pyrrole nitrogens is 1. The molecule has 1 aliphatic rings. The third-order valence-corrected chi connectivity index (χ3v) is 6.04. The summed E-state index contributed by atoms with van der Waals surface area (Å²) in [6.07, 6.45) is 1.20. The molecule has 0 bridgehead atoms. The molecule has 2 aromatic heterocycles. The summed E-state index contributed by atoms with van der Waals surface area (Å²) in [4.78, 5) is 28.9. The highest BCUT2D eigenvalue weighted by Gasteiger charge is 2.21. The number of aromatic nitrogens is 3. The van der Waals surface area contributed by atoms with Gasteiger partial charge in [-0.15, -0.1) is 0 Å². The van der Waals surface area contributed by atoms with Crippen LogP contribution in [-0.2, 0) is 0 Å². The zero-order valence-corrected chi connectivity index (χ0v) is 18.5. The fraction of sp³-hybridized carbons (Fsp3) is 0.240. The number of imidazole rings is 1. The van der Waals surface area contributed by atoms with Crippen LogP contribution in [0.15, 0.2) is 54.7 Å². The topological polar surface area (TPSA) is 74.3 Å². The average Bonchev–Trinajstić information content (AvgIpc) is 3.28. The molecule has 1 aliphatic heterocycles. The number of pyridine rings is 1. The highest BCUT2D eigenvalue weighted by atomic mass is 19.1. The predicted molar refractivity (Wildman–Crippen MR) is 125 cm³/mol. The van der Waals surface area contributed by atoms with Crippen molar-refractivity contribution in [1.82, 2.24) is 24.8 Å². The Kier molecular flexibility index (Phi) is 5.51. The fourth-order valence-corrected chi connectivity index (χ4v) is 4.06. The zero-order valence-electron chi connectivity index (χ0n) is 18.5. The van der Waals surface area contributed by atoms with Crippen molar-refractivity contribution in [2.24, 2.45) is 0 Å². The summed E-state index contributed by atoms with van der Waals surface area (Å²) in [5, 5.41) is 0. The molecule has 0 aliphatic carbocycles. The van der Waals surface area contributed by atoms with Crippen LogP contribution in [0.3, 0.4) is 0 Å². The van der Waals surface area contributed by atoms with E-state index >= 15 is 0 Å². The lowest BCUT2D eigenvalue weighted by atomic mass is 10.1. The summed E-state index contributed by atoms with van der Waals surface area (Å²) >= 11 is 0. The second-order valence-corrected chi connectivity index (χ2v) is 8.17. The second kappa shape index (κ2) is 8.63. The Morgan fingerprint density at radius 3 is 2.33 bits per heavy atom. The van der Waals surface area contributed by atoms with E-state index in [0.29, 0.717) is 39.4 Å². The van der Waals surface area contributed by atoms with Gasteiger partial charge in [-0.05, 0) is 36.9 Å². The number of rotatable bonds is 4. The van der Waals surface area contributed by atoms with E-state index in [1.165, 1.54) is 6.20 Å². The molecular formula is C25H24FN5O2. The van der Waals surface area contributed by atoms with Gasteiger partial charge in [0.1, 0.15) is 17.1 Å². The normalized spacial score (nSPS) is 14.6. The lowest BCUT2D eigenvalue weighted by Crippen LogP contribution is -2.47. The van der Waals surface area contributed by atoms with Gasteiger partial charge in [-0.3, -0.25) is 4.79 Å². The van der Waals surface area contributed by atoms with E-state index in [0.717, 1.165) is 31.7 Å². The first kappa shape index (κ1) is 21.1. The van der Waals surface area contributed by atoms with Crippen LogP contribution in [0, 0.1) is 5.82 Å². The monoisotopic (exact) mass is 445 g/mol. The van der Waals surface area contributed by atoms with Gasteiger partial charge in [0.2, 0.25) is 0 Å². The predicted octanol–water partition coefficient (Wildman–Crippen LogP) is 3.83. The highest BCUT2D eigenvalue weighted by Crippen LogP contribution is 2.32. The standard InChI is InChI=1S/C25H24FN5O2/c1-30-11-13-31(14-12-30)25(32)18-5-3-17(4-6-18)23-28-22-21(20(26)15-27-24(22)29-23)16-7-9-19(33-2)10-8-16/h3-10,15H,11-14H2,1-2H3,(H,27,28,29). The van der Waals surface area contributed by atoms with Gasteiger partial charge in [-0.1, -0.05) is 24.3 Å². The number of likely N-dealkylation sites (N-methyl/N-ethyl adjacent to an activating group) is 1. The van der Waals surface area contributed by atoms with E-state index < -0.39 is 5.82 Å². The summed E-state index contributed by atoms with van der Waals surface area (Å²) in [6, 6.07) is 14.5. The quantitative estimate of drug-likeness (QED) is 0.517. The number of nitrogens with zero attached hydrogens (tertiary/aromatic N) is 4. The molecule has 0 unspecified atom stereocenters. The minimum absolute atomic E-state index is 0.0322. The number of nitrogens with one attached hydrogen (secondary N) is 1. The van der Waals surface area contributed by atoms with Gasteiger partial charge in [0.05, 0.1) is 13.3 Å². The van der Waals surface area contributed by atoms with Crippen LogP contribution in [0.1, 0.15) is 10.4 Å². The van der Waals surface area contributed by atoms with Crippen LogP contribution in [0.25, 0.3) is 33.7 Å². The molecule has 0 saturated carbocycles. The molecule has 0 atom stereocenters. The first-order valence-electron chi connectivity index (χ1n) is 10.8. The smallest absolute Gasteiger partial charge is 0.253 e. The number of ether oxygens (including phenoxy) is 1. The van der Waals surface area contributed by atoms with Crippen molar-refractivity contribution in [2.45, 2.75) is 0 Å². The van der Waals surface area contributed by atoms with E-state index in [4.69, 9.17) is 4.74 Å². The van der Waals surface area contributed by atoms with Gasteiger partial charge < -0.3 is 19.5 Å². The van der Waals surface area contributed by atoms with Crippen LogP contribution in [0.5, 0.6) is 5.75 Å². The number of hydrogen-bond acceptors (Lipinski definition) is 5. The van der Waals surface area contributed by atoms with Crippen molar-refractivity contribution in [3.8, 4) is 28.3 Å². The van der Waals surface area contributed by atoms with Crippen LogP contribution < -0.4 is 4.74 Å². The molecule has 1 amide bonds. The van der Waals surface area contributed by atoms with Crippen molar-refractivity contribution in [1.29, 1.82) is 0 Å². The lowest BCUT2D eigenvalue weighted by molar-refractivity contribution is 0.0664. The van der Waals surface area contributed by atoms with E-state index in [1.54, 1.807) is 31.4 Å². The Labute approximate surface area is 190 Å². The summed E-state index contributed by atoms with van der Waals surface area (Å²) in [5.41, 5.74) is 3.45. The van der Waals surface area contributed by atoms with Gasteiger partial charge in [-0.25, -0.2) is 14.4 Å². The number of carbonyl (C=O) groups is 1. The van der Waals surface area contributed by atoms with Crippen molar-refractivity contribution in [3.63, 3.8) is 0 Å². The number of aromatic amines is 1. The van der Waals surface area contributed by atoms with E-state index in [9.17, 15) is 9.18 Å². The molecule has 33 heavy (non-hydrogen) atoms. The van der Waals surface area contributed by atoms with Crippen LogP contribution in [0.4, 0.5) is 4.39 Å². The van der Waals surface area contributed by atoms with Gasteiger partial charge in [-0.2, -0.15) is 0 Å². The molecule has 1 fully saturated rings. The molecule has 5 rings (SSSR count). The Bertz CT molecular complexity index is 1290. The Morgan fingerprint density at radius 1 is 1.00 bits per heavy atom. The van der Waals surface area contributed by atoms with Crippen molar-refractivity contribution < 1.29 is 13.9 Å². The molecular weight excluding hydrogens is 421 g/mol. The minimum atomic E-state index is -0.446. The number of benzene rings is 2. The third kappa shape index (κ3) is 4.05. The Morgan fingerprint density at radius 2 is 1.67 bits per heavy atom. The van der Waals surface area contributed by atoms with Crippen LogP contribution >= 0.6 is 0 Å². The Hall–Kier alpha value is -3.78. The first-order valence-corrected chi connectivity index (χ1v) is 10.8. The van der Waals surface area contributed by atoms with Crippen LogP contribution in [-0.4, -0.2) is 71.0 Å². The number of halogens is 1. The maximum atomic E-state index is 14.7. The van der Waals surface area contributed by atoms with Gasteiger partial charge in [0.15, 0.2) is 11.5 Å². The lowest BCUT2D eigenvalue weighted by Gasteiger charge is -2.32. The summed E-state index contributed by atoms with van der Waals surface area (Å²) < 4.78 is 19.9. The van der Waals surface area contributed by atoms with E-state index in [-0.39, 0.29) is 5.91 Å². The minimum Gasteiger partial charge on any atom is -0.497 e. The first-order chi connectivity index (χ1) is 16.0. The number of carbonyl (C=O) groups excluding carboxylic acids is 1. The van der Waals surface area contributed by atoms with Gasteiger partial charge in [0.25, 0.3) is 5.91 Å². The third-order valence-electron chi connectivity index (χ3n) is 6.04. The van der Waals surface area contributed by atoms with E-state index in [1.807, 2.05) is 29.2 Å². The highest BCUT2D eigenvalue weighted by molar-refractivity contribution is 5.95. The van der Waals surface area contributed by atoms with E-state index in [2.05, 4.69) is 26.9 Å². The SMILES string of the molecule is COc1ccc(-c2c(F)cnc3[nH]c(-c4ccc(C(=O)N5CCN(C)CC5)cc4)nc23)cc1. The van der Waals surface area contributed by atoms with Gasteiger partial charge in [0, 0.05) is 42.9 Å². The molecule has 3 heterocycles. The Balaban J connectivity index is 1.45. The molecule has 2 aromatic carbocycles. The maximum Gasteiger partial charge on any atom is 0.253 e. The number of amides is 1. The molecule has 0 spiro atoms. The molecule has 4 aromatic rings. The molecule has 168 valence electrons. The number of methoxy groups -OCH3 is 1. The summed E-state index contributed by atoms with van der Waals surface area (Å²) in [5.74, 6) is 0.846. The fourth-order valence-electron chi connectivity index (χ4n) is 4.06. The van der Waals surface area contributed by atoms with Crippen molar-refractivity contribution >= 4 is 17.1 Å². The number of piperazine rings is 1. The van der Waals surface area contributed by atoms with Crippen molar-refractivity contribution in [2.75, 3.05) is 40.3 Å². The average molecular weight is 445 g/mol. The second-order valence-electron chi connectivity index (χ2n) is 8.17. The van der Waals surface area contributed by atoms with Gasteiger partial charge >= 0.3 is 0 Å². The van der Waals surface area contributed by atoms with Crippen LogP contribution in [0.2, 0.25) is 0 Å². The molecule has 8 heteroatoms. The maximum absolute atomic E-state index is 14.7. The summed E-state index contributed by atoms with van der Waals surface area (Å²) in [6.45, 7) is 3.21. The zero-order chi connectivity index (χ0) is 22.9. The molecule has 7 nitrogen and oxygen atoms in total.